The molecule has 17 heavy (non-hydrogen) atoms. The Balaban J connectivity index is 1.65. The molecule has 88 valence electrons. The van der Waals surface area contributed by atoms with Crippen LogP contribution in [0.2, 0.25) is 0 Å². The first kappa shape index (κ1) is 10.7. The molecule has 3 heterocycles. The van der Waals surface area contributed by atoms with Gasteiger partial charge in [0.2, 0.25) is 0 Å². The van der Waals surface area contributed by atoms with Gasteiger partial charge in [-0.2, -0.15) is 11.3 Å². The lowest BCUT2D eigenvalue weighted by atomic mass is 9.91. The lowest BCUT2D eigenvalue weighted by Gasteiger charge is -2.32. The third-order valence-corrected chi connectivity index (χ3v) is 4.08. The Morgan fingerprint density at radius 2 is 2.12 bits per heavy atom. The van der Waals surface area contributed by atoms with Gasteiger partial charge in [0, 0.05) is 25.5 Å². The summed E-state index contributed by atoms with van der Waals surface area (Å²) in [5.41, 5.74) is 1.51. The van der Waals surface area contributed by atoms with Crippen molar-refractivity contribution in [2.75, 3.05) is 18.0 Å². The molecule has 0 atom stereocenters. The zero-order valence-corrected chi connectivity index (χ0v) is 10.4. The standard InChI is InChI=1S/C13H15N3S/c1-6-16(13-9-14-4-5-15-13)7-2-11(1)12-3-8-17-10-12/h3-5,8-11H,1-2,6-7H2. The van der Waals surface area contributed by atoms with E-state index >= 15 is 0 Å². The second-order valence-electron chi connectivity index (χ2n) is 4.38. The van der Waals surface area contributed by atoms with Crippen LogP contribution in [0.3, 0.4) is 0 Å². The molecule has 0 radical (unpaired) electrons. The molecule has 0 saturated carbocycles. The number of hydrogen-bond donors (Lipinski definition) is 0. The van der Waals surface area contributed by atoms with E-state index in [0.29, 0.717) is 0 Å². The van der Waals surface area contributed by atoms with E-state index in [0.717, 1.165) is 24.8 Å². The maximum Gasteiger partial charge on any atom is 0.147 e. The summed E-state index contributed by atoms with van der Waals surface area (Å²) in [6, 6.07) is 2.26. The van der Waals surface area contributed by atoms with Crippen LogP contribution in [0.1, 0.15) is 24.3 Å². The molecule has 1 aliphatic rings. The molecule has 2 aromatic rings. The van der Waals surface area contributed by atoms with Gasteiger partial charge in [-0.05, 0) is 41.1 Å². The van der Waals surface area contributed by atoms with Crippen molar-refractivity contribution in [3.63, 3.8) is 0 Å². The van der Waals surface area contributed by atoms with E-state index in [1.165, 1.54) is 18.4 Å². The molecule has 0 N–H and O–H groups in total. The molecule has 2 aromatic heterocycles. The Bertz CT molecular complexity index is 447. The van der Waals surface area contributed by atoms with Gasteiger partial charge in [0.1, 0.15) is 5.82 Å². The van der Waals surface area contributed by atoms with Gasteiger partial charge in [-0.15, -0.1) is 0 Å². The Morgan fingerprint density at radius 3 is 2.76 bits per heavy atom. The van der Waals surface area contributed by atoms with Crippen molar-refractivity contribution >= 4 is 17.2 Å². The minimum absolute atomic E-state index is 0.731. The highest BCUT2D eigenvalue weighted by molar-refractivity contribution is 7.07. The van der Waals surface area contributed by atoms with Crippen LogP contribution >= 0.6 is 11.3 Å². The SMILES string of the molecule is c1cnc(N2CCC(c3ccsc3)CC2)cn1. The number of aromatic nitrogens is 2. The van der Waals surface area contributed by atoms with E-state index in [-0.39, 0.29) is 0 Å². The van der Waals surface area contributed by atoms with Gasteiger partial charge in [0.05, 0.1) is 6.20 Å². The maximum atomic E-state index is 4.36. The van der Waals surface area contributed by atoms with E-state index in [2.05, 4.69) is 31.7 Å². The van der Waals surface area contributed by atoms with Gasteiger partial charge in [-0.25, -0.2) is 4.98 Å². The monoisotopic (exact) mass is 245 g/mol. The summed E-state index contributed by atoms with van der Waals surface area (Å²) in [4.78, 5) is 10.8. The molecule has 3 nitrogen and oxygen atoms in total. The summed E-state index contributed by atoms with van der Waals surface area (Å²) < 4.78 is 0. The first-order valence-corrected chi connectivity index (χ1v) is 6.91. The largest absolute Gasteiger partial charge is 0.355 e. The van der Waals surface area contributed by atoms with Crippen molar-refractivity contribution in [1.29, 1.82) is 0 Å². The molecular weight excluding hydrogens is 230 g/mol. The average molecular weight is 245 g/mol. The minimum Gasteiger partial charge on any atom is -0.355 e. The zero-order chi connectivity index (χ0) is 11.5. The van der Waals surface area contributed by atoms with Gasteiger partial charge in [0.15, 0.2) is 0 Å². The van der Waals surface area contributed by atoms with Crippen LogP contribution in [0.4, 0.5) is 5.82 Å². The second-order valence-corrected chi connectivity index (χ2v) is 5.16. The highest BCUT2D eigenvalue weighted by Crippen LogP contribution is 2.30. The van der Waals surface area contributed by atoms with Crippen molar-refractivity contribution in [1.82, 2.24) is 9.97 Å². The Morgan fingerprint density at radius 1 is 1.24 bits per heavy atom. The summed E-state index contributed by atoms with van der Waals surface area (Å²) in [7, 11) is 0. The minimum atomic E-state index is 0.731. The third-order valence-electron chi connectivity index (χ3n) is 3.38. The summed E-state index contributed by atoms with van der Waals surface area (Å²) in [6.45, 7) is 2.17. The van der Waals surface area contributed by atoms with Gasteiger partial charge in [-0.3, -0.25) is 4.98 Å². The van der Waals surface area contributed by atoms with E-state index in [1.807, 2.05) is 6.20 Å². The van der Waals surface area contributed by atoms with Gasteiger partial charge >= 0.3 is 0 Å². The lowest BCUT2D eigenvalue weighted by Crippen LogP contribution is -2.33. The van der Waals surface area contributed by atoms with Crippen LogP contribution < -0.4 is 4.90 Å². The molecule has 0 bridgehead atoms. The van der Waals surface area contributed by atoms with Crippen LogP contribution in [0, 0.1) is 0 Å². The number of piperidine rings is 1. The fraction of sp³-hybridized carbons (Fsp3) is 0.385. The second kappa shape index (κ2) is 4.84. The van der Waals surface area contributed by atoms with Crippen LogP contribution in [-0.2, 0) is 0 Å². The van der Waals surface area contributed by atoms with Gasteiger partial charge in [-0.1, -0.05) is 0 Å². The topological polar surface area (TPSA) is 29.0 Å². The lowest BCUT2D eigenvalue weighted by molar-refractivity contribution is 0.503. The number of hydrogen-bond acceptors (Lipinski definition) is 4. The van der Waals surface area contributed by atoms with Crippen molar-refractivity contribution in [2.45, 2.75) is 18.8 Å². The van der Waals surface area contributed by atoms with Crippen LogP contribution in [0.15, 0.2) is 35.4 Å². The number of thiophene rings is 1. The quantitative estimate of drug-likeness (QED) is 0.814. The summed E-state index contributed by atoms with van der Waals surface area (Å²) in [5, 5.41) is 4.45. The van der Waals surface area contributed by atoms with E-state index in [9.17, 15) is 0 Å². The maximum absolute atomic E-state index is 4.36. The molecule has 0 amide bonds. The first-order chi connectivity index (χ1) is 8.43. The van der Waals surface area contributed by atoms with E-state index in [1.54, 1.807) is 23.7 Å². The van der Waals surface area contributed by atoms with Crippen LogP contribution in [0.25, 0.3) is 0 Å². The highest BCUT2D eigenvalue weighted by Gasteiger charge is 2.21. The Kier molecular flexibility index (Phi) is 3.05. The molecule has 4 heteroatoms. The molecular formula is C13H15N3S. The van der Waals surface area contributed by atoms with E-state index in [4.69, 9.17) is 0 Å². The summed E-state index contributed by atoms with van der Waals surface area (Å²) in [6.07, 6.45) is 7.77. The highest BCUT2D eigenvalue weighted by atomic mass is 32.1. The van der Waals surface area contributed by atoms with E-state index < -0.39 is 0 Å². The molecule has 0 aliphatic carbocycles. The fourth-order valence-electron chi connectivity index (χ4n) is 2.40. The summed E-state index contributed by atoms with van der Waals surface area (Å²) >= 11 is 1.79. The molecule has 0 unspecified atom stereocenters. The normalized spacial score (nSPS) is 17.3. The predicted octanol–water partition coefficient (Wildman–Crippen LogP) is 2.92. The average Bonchev–Trinajstić information content (AvgIpc) is 2.94. The first-order valence-electron chi connectivity index (χ1n) is 5.96. The van der Waals surface area contributed by atoms with Crippen LogP contribution in [0.5, 0.6) is 0 Å². The number of nitrogens with zero attached hydrogens (tertiary/aromatic N) is 3. The molecule has 1 aliphatic heterocycles. The molecule has 0 spiro atoms. The van der Waals surface area contributed by atoms with Crippen molar-refractivity contribution in [2.24, 2.45) is 0 Å². The van der Waals surface area contributed by atoms with Crippen molar-refractivity contribution < 1.29 is 0 Å². The van der Waals surface area contributed by atoms with Crippen molar-refractivity contribution in [3.8, 4) is 0 Å². The molecule has 3 rings (SSSR count). The fourth-order valence-corrected chi connectivity index (χ4v) is 3.15. The van der Waals surface area contributed by atoms with Gasteiger partial charge in [0.25, 0.3) is 0 Å². The third kappa shape index (κ3) is 2.31. The number of rotatable bonds is 2. The van der Waals surface area contributed by atoms with Crippen LogP contribution in [-0.4, -0.2) is 23.1 Å². The predicted molar refractivity (Wildman–Crippen MR) is 70.5 cm³/mol. The molecule has 0 aromatic carbocycles. The summed E-state index contributed by atoms with van der Waals surface area (Å²) in [5.74, 6) is 1.74. The molecule has 1 saturated heterocycles. The Hall–Kier alpha value is -1.42. The van der Waals surface area contributed by atoms with Gasteiger partial charge < -0.3 is 4.90 Å². The van der Waals surface area contributed by atoms with Crippen molar-refractivity contribution in [3.05, 3.63) is 41.0 Å². The number of anilines is 1. The molecule has 1 fully saturated rings. The smallest absolute Gasteiger partial charge is 0.147 e. The zero-order valence-electron chi connectivity index (χ0n) is 9.62. The Labute approximate surface area is 105 Å².